The summed E-state index contributed by atoms with van der Waals surface area (Å²) >= 11 is 0. The lowest BCUT2D eigenvalue weighted by Gasteiger charge is -2.20. The molecule has 24 heavy (non-hydrogen) atoms. The predicted molar refractivity (Wildman–Crippen MR) is 93.1 cm³/mol. The monoisotopic (exact) mass is 333 g/mol. The highest BCUT2D eigenvalue weighted by Crippen LogP contribution is 2.18. The van der Waals surface area contributed by atoms with Gasteiger partial charge in [-0.05, 0) is 43.5 Å². The van der Waals surface area contributed by atoms with Gasteiger partial charge in [-0.25, -0.2) is 0 Å². The lowest BCUT2D eigenvalue weighted by atomic mass is 10.1. The molecule has 1 atom stereocenters. The molecule has 0 aliphatic carbocycles. The number of aliphatic carboxylic acids is 1. The van der Waals surface area contributed by atoms with Crippen molar-refractivity contribution in [2.24, 2.45) is 0 Å². The number of carboxylic acid groups (broad SMARTS) is 1. The third-order valence-corrected chi connectivity index (χ3v) is 4.01. The summed E-state index contributed by atoms with van der Waals surface area (Å²) < 4.78 is 5.52. The first-order chi connectivity index (χ1) is 11.6. The Morgan fingerprint density at radius 1 is 0.958 bits per heavy atom. The van der Waals surface area contributed by atoms with Crippen molar-refractivity contribution in [3.05, 3.63) is 29.8 Å². The molecule has 4 nitrogen and oxygen atoms in total. The third-order valence-electron chi connectivity index (χ3n) is 4.01. The van der Waals surface area contributed by atoms with Crippen molar-refractivity contribution in [1.82, 2.24) is 0 Å². The summed E-state index contributed by atoms with van der Waals surface area (Å²) in [6, 6.07) is 6.68. The number of rotatable bonds is 13. The summed E-state index contributed by atoms with van der Waals surface area (Å²) in [4.78, 5) is 23.0. The van der Waals surface area contributed by atoms with E-state index in [1.807, 2.05) is 6.92 Å². The van der Waals surface area contributed by atoms with Crippen molar-refractivity contribution in [3.8, 4) is 5.75 Å². The average Bonchev–Trinajstić information content (AvgIpc) is 2.57. The van der Waals surface area contributed by atoms with Crippen molar-refractivity contribution >= 4 is 11.8 Å². The van der Waals surface area contributed by atoms with E-state index in [0.29, 0.717) is 24.2 Å². The summed E-state index contributed by atoms with van der Waals surface area (Å²) in [7, 11) is 0. The molecular weight excluding hydrogens is 304 g/mol. The van der Waals surface area contributed by atoms with Crippen LogP contribution in [-0.4, -0.2) is 17.9 Å². The van der Waals surface area contributed by atoms with E-state index in [4.69, 9.17) is 4.74 Å². The van der Waals surface area contributed by atoms with Crippen molar-refractivity contribution in [3.63, 3.8) is 0 Å². The topological polar surface area (TPSA) is 66.4 Å². The molecule has 0 radical (unpaired) electrons. The van der Waals surface area contributed by atoms with Crippen LogP contribution in [0.4, 0.5) is 0 Å². The summed E-state index contributed by atoms with van der Waals surface area (Å²) in [5.74, 6) is -0.634. The van der Waals surface area contributed by atoms with Gasteiger partial charge in [0.05, 0.1) is 5.97 Å². The lowest BCUT2D eigenvalue weighted by molar-refractivity contribution is -0.313. The van der Waals surface area contributed by atoms with Gasteiger partial charge in [-0.15, -0.1) is 0 Å². The van der Waals surface area contributed by atoms with Gasteiger partial charge in [0.25, 0.3) is 0 Å². The normalized spacial score (nSPS) is 11.9. The highest BCUT2D eigenvalue weighted by Gasteiger charge is 2.12. The molecule has 0 aliphatic rings. The zero-order chi connectivity index (χ0) is 17.8. The molecule has 1 rings (SSSR count). The number of carbonyl (C=O) groups is 2. The highest BCUT2D eigenvalue weighted by atomic mass is 16.5. The van der Waals surface area contributed by atoms with Crippen LogP contribution in [0.2, 0.25) is 0 Å². The Labute approximate surface area is 145 Å². The van der Waals surface area contributed by atoms with E-state index >= 15 is 0 Å². The Morgan fingerprint density at radius 3 is 2.17 bits per heavy atom. The Balaban J connectivity index is 2.47. The second-order valence-corrected chi connectivity index (χ2v) is 6.18. The van der Waals surface area contributed by atoms with Crippen LogP contribution in [0.15, 0.2) is 24.3 Å². The van der Waals surface area contributed by atoms with E-state index in [0.717, 1.165) is 25.7 Å². The fourth-order valence-corrected chi connectivity index (χ4v) is 2.59. The Bertz CT molecular complexity index is 493. The van der Waals surface area contributed by atoms with Gasteiger partial charge in [-0.2, -0.15) is 0 Å². The zero-order valence-electron chi connectivity index (χ0n) is 14.9. The summed E-state index contributed by atoms with van der Waals surface area (Å²) in [5.41, 5.74) is 0.630. The maximum atomic E-state index is 11.8. The number of hydrogen-bond donors (Lipinski definition) is 0. The summed E-state index contributed by atoms with van der Waals surface area (Å²) in [6.07, 6.45) is 7.40. The van der Waals surface area contributed by atoms with Gasteiger partial charge in [-0.1, -0.05) is 46.0 Å². The minimum atomic E-state index is -1.19. The van der Waals surface area contributed by atoms with E-state index in [-0.39, 0.29) is 5.78 Å². The van der Waals surface area contributed by atoms with Crippen LogP contribution in [0.1, 0.15) is 82.0 Å². The number of ether oxygens (including phenoxy) is 1. The van der Waals surface area contributed by atoms with Crippen LogP contribution in [0, 0.1) is 0 Å². The number of carbonyl (C=O) groups excluding carboxylic acids is 2. The first-order valence-electron chi connectivity index (χ1n) is 9.09. The molecule has 0 bridgehead atoms. The molecule has 134 valence electrons. The number of Topliss-reactive ketones (excluding diaryl/α,β-unsaturated/α-hetero) is 1. The maximum absolute atomic E-state index is 11.8. The second kappa shape index (κ2) is 11.7. The van der Waals surface area contributed by atoms with E-state index < -0.39 is 12.1 Å². The molecule has 0 heterocycles. The molecule has 0 aliphatic heterocycles. The predicted octanol–water partition coefficient (Wildman–Crippen LogP) is 3.92. The minimum Gasteiger partial charge on any atom is -0.546 e. The molecule has 1 aromatic rings. The van der Waals surface area contributed by atoms with Crippen LogP contribution in [0.25, 0.3) is 0 Å². The number of ketones is 1. The van der Waals surface area contributed by atoms with Crippen molar-refractivity contribution in [1.29, 1.82) is 0 Å². The van der Waals surface area contributed by atoms with E-state index in [2.05, 4.69) is 6.92 Å². The smallest absolute Gasteiger partial charge is 0.162 e. The van der Waals surface area contributed by atoms with E-state index in [1.54, 1.807) is 24.3 Å². The van der Waals surface area contributed by atoms with Crippen LogP contribution in [0.5, 0.6) is 5.75 Å². The largest absolute Gasteiger partial charge is 0.546 e. The van der Waals surface area contributed by atoms with Crippen LogP contribution in [0.3, 0.4) is 0 Å². The van der Waals surface area contributed by atoms with Crippen molar-refractivity contribution in [2.45, 2.75) is 77.7 Å². The molecule has 0 N–H and O–H groups in total. The van der Waals surface area contributed by atoms with Gasteiger partial charge in [-0.3, -0.25) is 4.79 Å². The number of unbranched alkanes of at least 4 members (excludes halogenated alkanes) is 5. The van der Waals surface area contributed by atoms with Gasteiger partial charge in [0.1, 0.15) is 11.9 Å². The van der Waals surface area contributed by atoms with Gasteiger partial charge < -0.3 is 14.6 Å². The average molecular weight is 333 g/mol. The molecule has 0 spiro atoms. The van der Waals surface area contributed by atoms with Crippen LogP contribution >= 0.6 is 0 Å². The molecular formula is C20H29O4-. The SMILES string of the molecule is CCCCCCCCC(Oc1ccc(C(=O)CCC)cc1)C(=O)[O-]. The molecule has 0 amide bonds. The molecule has 0 fully saturated rings. The molecule has 1 aromatic carbocycles. The number of carboxylic acids is 1. The zero-order valence-corrected chi connectivity index (χ0v) is 14.9. The molecule has 0 saturated carbocycles. The molecule has 0 aromatic heterocycles. The van der Waals surface area contributed by atoms with Gasteiger partial charge in [0.2, 0.25) is 0 Å². The van der Waals surface area contributed by atoms with Crippen molar-refractivity contribution in [2.75, 3.05) is 0 Å². The quantitative estimate of drug-likeness (QED) is 0.405. The summed E-state index contributed by atoms with van der Waals surface area (Å²) in [6.45, 7) is 4.13. The Hall–Kier alpha value is -1.84. The first kappa shape index (κ1) is 20.2. The second-order valence-electron chi connectivity index (χ2n) is 6.18. The fraction of sp³-hybridized carbons (Fsp3) is 0.600. The van der Waals surface area contributed by atoms with Gasteiger partial charge >= 0.3 is 0 Å². The van der Waals surface area contributed by atoms with Crippen LogP contribution < -0.4 is 9.84 Å². The minimum absolute atomic E-state index is 0.0904. The standard InChI is InChI=1S/C20H30O4/c1-3-5-6-7-8-9-11-19(20(22)23)24-17-14-12-16(13-15-17)18(21)10-4-2/h12-15,19H,3-11H2,1-2H3,(H,22,23)/p-1. The maximum Gasteiger partial charge on any atom is 0.162 e. The van der Waals surface area contributed by atoms with Gasteiger partial charge in [0, 0.05) is 12.0 Å². The van der Waals surface area contributed by atoms with Crippen molar-refractivity contribution < 1.29 is 19.4 Å². The fourth-order valence-electron chi connectivity index (χ4n) is 2.59. The van der Waals surface area contributed by atoms with E-state index in [9.17, 15) is 14.7 Å². The molecule has 4 heteroatoms. The molecule has 1 unspecified atom stereocenters. The number of hydrogen-bond acceptors (Lipinski definition) is 4. The lowest BCUT2D eigenvalue weighted by Crippen LogP contribution is -2.39. The summed E-state index contributed by atoms with van der Waals surface area (Å²) in [5, 5.41) is 11.2. The first-order valence-corrected chi connectivity index (χ1v) is 9.09. The Kier molecular flexibility index (Phi) is 9.81. The van der Waals surface area contributed by atoms with Gasteiger partial charge in [0.15, 0.2) is 5.78 Å². The van der Waals surface area contributed by atoms with E-state index in [1.165, 1.54) is 19.3 Å². The highest BCUT2D eigenvalue weighted by molar-refractivity contribution is 5.96. The molecule has 0 saturated heterocycles. The number of benzene rings is 1. The Morgan fingerprint density at radius 2 is 1.58 bits per heavy atom. The third kappa shape index (κ3) is 7.62. The van der Waals surface area contributed by atoms with Crippen LogP contribution in [-0.2, 0) is 4.79 Å².